The van der Waals surface area contributed by atoms with Gasteiger partial charge in [0.15, 0.2) is 11.5 Å². The fourth-order valence-electron chi connectivity index (χ4n) is 3.55. The van der Waals surface area contributed by atoms with Crippen molar-refractivity contribution in [1.82, 2.24) is 9.66 Å². The minimum absolute atomic E-state index is 0.222. The second-order valence-corrected chi connectivity index (χ2v) is 9.48. The Hall–Kier alpha value is -2.97. The summed E-state index contributed by atoms with van der Waals surface area (Å²) in [6.07, 6.45) is 2.18. The monoisotopic (exact) mass is 583 g/mol. The largest absolute Gasteiger partial charge is 0.493 e. The van der Waals surface area contributed by atoms with Gasteiger partial charge in [0, 0.05) is 20.9 Å². The molecule has 0 fully saturated rings. The maximum Gasteiger partial charge on any atom is 0.282 e. The number of nitrogens with zero attached hydrogens (tertiary/aromatic N) is 3. The maximum absolute atomic E-state index is 13.1. The summed E-state index contributed by atoms with van der Waals surface area (Å²) in [5.74, 6) is 1.76. The molecule has 0 amide bonds. The molecule has 0 saturated heterocycles. The molecule has 0 radical (unpaired) electrons. The van der Waals surface area contributed by atoms with Gasteiger partial charge in [-0.25, -0.2) is 4.98 Å². The van der Waals surface area contributed by atoms with Crippen LogP contribution in [-0.2, 0) is 13.0 Å². The topological polar surface area (TPSA) is 65.7 Å². The Labute approximate surface area is 214 Å². The third-order valence-electron chi connectivity index (χ3n) is 5.26. The van der Waals surface area contributed by atoms with Gasteiger partial charge in [0.05, 0.1) is 24.2 Å². The molecule has 0 unspecified atom stereocenters. The van der Waals surface area contributed by atoms with Crippen LogP contribution in [0.5, 0.6) is 11.5 Å². The number of fused-ring (bicyclic) bond motifs is 1. The van der Waals surface area contributed by atoms with E-state index in [0.29, 0.717) is 41.3 Å². The van der Waals surface area contributed by atoms with Crippen LogP contribution in [-0.4, -0.2) is 23.0 Å². The number of aryl methyl sites for hydroxylation is 2. The van der Waals surface area contributed by atoms with Gasteiger partial charge in [-0.05, 0) is 58.7 Å². The maximum atomic E-state index is 13.1. The zero-order valence-corrected chi connectivity index (χ0v) is 22.2. The highest BCUT2D eigenvalue weighted by Gasteiger charge is 2.12. The number of halogens is 2. The van der Waals surface area contributed by atoms with E-state index in [1.54, 1.807) is 19.4 Å². The fraction of sp³-hybridized carbons (Fsp3) is 0.192. The Bertz CT molecular complexity index is 1450. The van der Waals surface area contributed by atoms with Gasteiger partial charge in [-0.15, -0.1) is 0 Å². The van der Waals surface area contributed by atoms with Crippen LogP contribution in [0.2, 0.25) is 0 Å². The van der Waals surface area contributed by atoms with Crippen LogP contribution in [0.1, 0.15) is 29.4 Å². The van der Waals surface area contributed by atoms with Crippen LogP contribution in [0.15, 0.2) is 73.4 Å². The lowest BCUT2D eigenvalue weighted by Gasteiger charge is -2.13. The molecular formula is C26H23Br2N3O3. The zero-order valence-electron chi connectivity index (χ0n) is 19.0. The second-order valence-electron chi connectivity index (χ2n) is 7.71. The minimum atomic E-state index is -0.222. The highest BCUT2D eigenvalue weighted by Crippen LogP contribution is 2.33. The Morgan fingerprint density at radius 3 is 2.65 bits per heavy atom. The van der Waals surface area contributed by atoms with Crippen LogP contribution in [0.4, 0.5) is 0 Å². The summed E-state index contributed by atoms with van der Waals surface area (Å²) in [6.45, 7) is 4.41. The van der Waals surface area contributed by atoms with Crippen molar-refractivity contribution in [2.24, 2.45) is 5.10 Å². The lowest BCUT2D eigenvalue weighted by molar-refractivity contribution is 0.284. The lowest BCUT2D eigenvalue weighted by Crippen LogP contribution is -2.22. The SMILES string of the molecule is CCc1nc2ccc(Br)cc2c(=O)n1N=Cc1cc(OC)c(OCc2cccc(C)c2)cc1Br. The van der Waals surface area contributed by atoms with E-state index in [1.165, 1.54) is 10.2 Å². The van der Waals surface area contributed by atoms with Crippen LogP contribution in [0.25, 0.3) is 10.9 Å². The number of aromatic nitrogens is 2. The van der Waals surface area contributed by atoms with Gasteiger partial charge in [0.25, 0.3) is 5.56 Å². The molecule has 1 aromatic heterocycles. The summed E-state index contributed by atoms with van der Waals surface area (Å²) in [5, 5.41) is 4.97. The van der Waals surface area contributed by atoms with Crippen molar-refractivity contribution >= 4 is 49.0 Å². The summed E-state index contributed by atoms with van der Waals surface area (Å²) in [6, 6.07) is 17.3. The van der Waals surface area contributed by atoms with Crippen molar-refractivity contribution in [3.05, 3.63) is 96.4 Å². The van der Waals surface area contributed by atoms with E-state index in [0.717, 1.165) is 20.1 Å². The highest BCUT2D eigenvalue weighted by molar-refractivity contribution is 9.10. The molecule has 6 nitrogen and oxygen atoms in total. The summed E-state index contributed by atoms with van der Waals surface area (Å²) < 4.78 is 14.5. The standard InChI is InChI=1S/C26H23Br2N3O3/c1-4-25-30-22-9-8-19(27)12-20(22)26(32)31(25)29-14-18-11-23(33-3)24(13-21(18)28)34-15-17-7-5-6-16(2)10-17/h5-14H,4,15H2,1-3H3. The average Bonchev–Trinajstić information content (AvgIpc) is 2.83. The molecule has 0 aliphatic carbocycles. The molecule has 4 aromatic rings. The molecule has 0 aliphatic heterocycles. The third-order valence-corrected chi connectivity index (χ3v) is 6.44. The van der Waals surface area contributed by atoms with Crippen molar-refractivity contribution < 1.29 is 9.47 Å². The molecule has 0 atom stereocenters. The molecule has 0 spiro atoms. The summed E-state index contributed by atoms with van der Waals surface area (Å²) >= 11 is 7.01. The van der Waals surface area contributed by atoms with Crippen molar-refractivity contribution in [3.63, 3.8) is 0 Å². The summed E-state index contributed by atoms with van der Waals surface area (Å²) in [4.78, 5) is 17.7. The van der Waals surface area contributed by atoms with E-state index in [4.69, 9.17) is 9.47 Å². The van der Waals surface area contributed by atoms with Crippen molar-refractivity contribution in [1.29, 1.82) is 0 Å². The second kappa shape index (κ2) is 10.5. The molecule has 34 heavy (non-hydrogen) atoms. The molecule has 0 saturated carbocycles. The molecule has 3 aromatic carbocycles. The first-order valence-electron chi connectivity index (χ1n) is 10.7. The lowest BCUT2D eigenvalue weighted by atomic mass is 10.1. The van der Waals surface area contributed by atoms with E-state index in [2.05, 4.69) is 48.0 Å². The first kappa shape index (κ1) is 24.2. The van der Waals surface area contributed by atoms with Gasteiger partial charge in [-0.3, -0.25) is 4.79 Å². The number of hydrogen-bond acceptors (Lipinski definition) is 5. The van der Waals surface area contributed by atoms with E-state index in [1.807, 2.05) is 56.3 Å². The summed E-state index contributed by atoms with van der Waals surface area (Å²) in [7, 11) is 1.59. The number of methoxy groups -OCH3 is 1. The number of benzene rings is 3. The van der Waals surface area contributed by atoms with E-state index in [9.17, 15) is 4.79 Å². The number of ether oxygens (including phenoxy) is 2. The van der Waals surface area contributed by atoms with Gasteiger partial charge >= 0.3 is 0 Å². The predicted molar refractivity (Wildman–Crippen MR) is 142 cm³/mol. The normalized spacial score (nSPS) is 11.3. The minimum Gasteiger partial charge on any atom is -0.493 e. The molecular weight excluding hydrogens is 562 g/mol. The molecule has 1 heterocycles. The Balaban J connectivity index is 1.66. The average molecular weight is 585 g/mol. The van der Waals surface area contributed by atoms with Gasteiger partial charge < -0.3 is 9.47 Å². The highest BCUT2D eigenvalue weighted by atomic mass is 79.9. The smallest absolute Gasteiger partial charge is 0.282 e. The molecule has 0 N–H and O–H groups in total. The zero-order chi connectivity index (χ0) is 24.2. The van der Waals surface area contributed by atoms with Gasteiger partial charge in [0.1, 0.15) is 12.4 Å². The third kappa shape index (κ3) is 5.23. The fourth-order valence-corrected chi connectivity index (χ4v) is 4.33. The first-order valence-corrected chi connectivity index (χ1v) is 12.3. The van der Waals surface area contributed by atoms with Gasteiger partial charge in [-0.1, -0.05) is 52.7 Å². The van der Waals surface area contributed by atoms with E-state index >= 15 is 0 Å². The molecule has 174 valence electrons. The number of rotatable bonds is 7. The Morgan fingerprint density at radius 1 is 1.09 bits per heavy atom. The Kier molecular flexibility index (Phi) is 7.48. The first-order chi connectivity index (χ1) is 16.4. The van der Waals surface area contributed by atoms with Crippen LogP contribution in [0.3, 0.4) is 0 Å². The molecule has 0 bridgehead atoms. The van der Waals surface area contributed by atoms with E-state index < -0.39 is 0 Å². The van der Waals surface area contributed by atoms with Crippen molar-refractivity contribution in [3.8, 4) is 11.5 Å². The summed E-state index contributed by atoms with van der Waals surface area (Å²) in [5.41, 5.74) is 3.42. The Morgan fingerprint density at radius 2 is 1.91 bits per heavy atom. The van der Waals surface area contributed by atoms with Gasteiger partial charge in [0.2, 0.25) is 0 Å². The van der Waals surface area contributed by atoms with Crippen LogP contribution >= 0.6 is 31.9 Å². The molecule has 0 aliphatic rings. The van der Waals surface area contributed by atoms with Crippen molar-refractivity contribution in [2.45, 2.75) is 26.9 Å². The molecule has 8 heteroatoms. The van der Waals surface area contributed by atoms with E-state index in [-0.39, 0.29) is 5.56 Å². The van der Waals surface area contributed by atoms with Crippen molar-refractivity contribution in [2.75, 3.05) is 7.11 Å². The van der Waals surface area contributed by atoms with Gasteiger partial charge in [-0.2, -0.15) is 9.78 Å². The predicted octanol–water partition coefficient (Wildman–Crippen LogP) is 6.26. The molecule has 4 rings (SSSR count). The number of hydrogen-bond donors (Lipinski definition) is 0. The van der Waals surface area contributed by atoms with Crippen LogP contribution < -0.4 is 15.0 Å². The quantitative estimate of drug-likeness (QED) is 0.240. The van der Waals surface area contributed by atoms with Crippen LogP contribution in [0, 0.1) is 6.92 Å².